The molecule has 1 aromatic heterocycles. The Morgan fingerprint density at radius 1 is 1.29 bits per heavy atom. The third-order valence-electron chi connectivity index (χ3n) is 2.82. The van der Waals surface area contributed by atoms with Crippen molar-refractivity contribution in [1.29, 1.82) is 0 Å². The quantitative estimate of drug-likeness (QED) is 0.897. The molecule has 1 unspecified atom stereocenters. The largest absolute Gasteiger partial charge is 0.497 e. The lowest BCUT2D eigenvalue weighted by Crippen LogP contribution is -2.06. The van der Waals surface area contributed by atoms with Crippen LogP contribution in [0.1, 0.15) is 17.7 Å². The maximum Gasteiger partial charge on any atom is 0.119 e. The first-order valence-electron chi connectivity index (χ1n) is 5.69. The van der Waals surface area contributed by atoms with Crippen LogP contribution in [0, 0.1) is 0 Å². The van der Waals surface area contributed by atoms with E-state index in [2.05, 4.69) is 31.2 Å². The maximum atomic E-state index is 5.68. The zero-order chi connectivity index (χ0) is 12.3. The first kappa shape index (κ1) is 12.1. The number of rotatable bonds is 4. The van der Waals surface area contributed by atoms with E-state index in [-0.39, 0.29) is 0 Å². The van der Waals surface area contributed by atoms with Crippen LogP contribution >= 0.6 is 11.3 Å². The van der Waals surface area contributed by atoms with E-state index in [1.165, 1.54) is 15.3 Å². The molecule has 0 aliphatic carbocycles. The van der Waals surface area contributed by atoms with Crippen LogP contribution in [0.5, 0.6) is 5.75 Å². The molecule has 2 N–H and O–H groups in total. The van der Waals surface area contributed by atoms with Crippen molar-refractivity contribution < 1.29 is 4.74 Å². The predicted octanol–water partition coefficient (Wildman–Crippen LogP) is 3.49. The van der Waals surface area contributed by atoms with E-state index < -0.39 is 0 Å². The molecule has 0 bridgehead atoms. The number of nitrogens with two attached hydrogens (primary N) is 1. The van der Waals surface area contributed by atoms with Crippen molar-refractivity contribution in [3.05, 3.63) is 41.3 Å². The highest BCUT2D eigenvalue weighted by Crippen LogP contribution is 2.33. The Hall–Kier alpha value is -1.32. The monoisotopic (exact) mass is 247 g/mol. The fraction of sp³-hybridized carbons (Fsp3) is 0.286. The molecule has 1 aromatic carbocycles. The summed E-state index contributed by atoms with van der Waals surface area (Å²) in [6, 6.07) is 12.5. The van der Waals surface area contributed by atoms with Gasteiger partial charge in [0.1, 0.15) is 5.75 Å². The van der Waals surface area contributed by atoms with Crippen molar-refractivity contribution in [1.82, 2.24) is 0 Å². The van der Waals surface area contributed by atoms with Crippen LogP contribution in [0.15, 0.2) is 36.4 Å². The summed E-state index contributed by atoms with van der Waals surface area (Å²) in [5.41, 5.74) is 6.88. The molecule has 0 saturated heterocycles. The van der Waals surface area contributed by atoms with Gasteiger partial charge in [-0.25, -0.2) is 0 Å². The van der Waals surface area contributed by atoms with Crippen molar-refractivity contribution in [3.8, 4) is 16.2 Å². The smallest absolute Gasteiger partial charge is 0.119 e. The van der Waals surface area contributed by atoms with E-state index >= 15 is 0 Å². The second-order valence-electron chi connectivity index (χ2n) is 4.07. The Kier molecular flexibility index (Phi) is 3.82. The molecule has 90 valence electrons. The molecule has 1 heterocycles. The van der Waals surface area contributed by atoms with Crippen LogP contribution in [-0.2, 0) is 0 Å². The minimum absolute atomic E-state index is 0.430. The van der Waals surface area contributed by atoms with Crippen LogP contribution < -0.4 is 10.5 Å². The number of methoxy groups -OCH3 is 1. The minimum Gasteiger partial charge on any atom is -0.497 e. The van der Waals surface area contributed by atoms with Gasteiger partial charge in [-0.3, -0.25) is 0 Å². The van der Waals surface area contributed by atoms with Gasteiger partial charge in [0.25, 0.3) is 0 Å². The lowest BCUT2D eigenvalue weighted by atomic mass is 10.1. The number of benzene rings is 1. The van der Waals surface area contributed by atoms with Gasteiger partial charge in [-0.05, 0) is 36.4 Å². The van der Waals surface area contributed by atoms with Crippen LogP contribution in [0.2, 0.25) is 0 Å². The fourth-order valence-electron chi connectivity index (χ4n) is 1.67. The second kappa shape index (κ2) is 5.34. The second-order valence-corrected chi connectivity index (χ2v) is 5.19. The first-order chi connectivity index (χ1) is 8.24. The lowest BCUT2D eigenvalue weighted by Gasteiger charge is -2.04. The third kappa shape index (κ3) is 2.68. The molecule has 0 fully saturated rings. The van der Waals surface area contributed by atoms with Crippen LogP contribution in [0.4, 0.5) is 0 Å². The average molecular weight is 247 g/mol. The van der Waals surface area contributed by atoms with E-state index in [1.807, 2.05) is 12.1 Å². The zero-order valence-corrected chi connectivity index (χ0v) is 11.0. The standard InChI is InChI=1S/C14H17NOS/c1-10(9-15)13-6-7-14(17-13)11-4-3-5-12(8-11)16-2/h3-8,10H,9,15H2,1-2H3. The van der Waals surface area contributed by atoms with Gasteiger partial charge in [-0.2, -0.15) is 0 Å². The Morgan fingerprint density at radius 2 is 2.12 bits per heavy atom. The summed E-state index contributed by atoms with van der Waals surface area (Å²) in [4.78, 5) is 2.60. The van der Waals surface area contributed by atoms with Gasteiger partial charge in [-0.15, -0.1) is 11.3 Å². The average Bonchev–Trinajstić information content (AvgIpc) is 2.87. The highest BCUT2D eigenvalue weighted by Gasteiger charge is 2.08. The van der Waals surface area contributed by atoms with E-state index in [0.29, 0.717) is 12.5 Å². The van der Waals surface area contributed by atoms with Gasteiger partial charge >= 0.3 is 0 Å². The van der Waals surface area contributed by atoms with Gasteiger partial charge in [0, 0.05) is 15.7 Å². The first-order valence-corrected chi connectivity index (χ1v) is 6.50. The number of thiophene rings is 1. The van der Waals surface area contributed by atoms with E-state index in [4.69, 9.17) is 10.5 Å². The van der Waals surface area contributed by atoms with Crippen molar-refractivity contribution in [2.45, 2.75) is 12.8 Å². The number of ether oxygens (including phenoxy) is 1. The van der Waals surface area contributed by atoms with Crippen LogP contribution in [0.3, 0.4) is 0 Å². The summed E-state index contributed by atoms with van der Waals surface area (Å²) >= 11 is 1.80. The number of hydrogen-bond donors (Lipinski definition) is 1. The molecule has 2 nitrogen and oxygen atoms in total. The molecule has 0 aliphatic heterocycles. The molecule has 3 heteroatoms. The summed E-state index contributed by atoms with van der Waals surface area (Å²) in [5, 5.41) is 0. The summed E-state index contributed by atoms with van der Waals surface area (Å²) in [6.07, 6.45) is 0. The fourth-order valence-corrected chi connectivity index (χ4v) is 2.73. The van der Waals surface area contributed by atoms with Crippen molar-refractivity contribution >= 4 is 11.3 Å². The molecule has 2 rings (SSSR count). The van der Waals surface area contributed by atoms with E-state index in [9.17, 15) is 0 Å². The lowest BCUT2D eigenvalue weighted by molar-refractivity contribution is 0.415. The van der Waals surface area contributed by atoms with Crippen molar-refractivity contribution in [2.24, 2.45) is 5.73 Å². The molecule has 2 aromatic rings. The highest BCUT2D eigenvalue weighted by molar-refractivity contribution is 7.15. The summed E-state index contributed by atoms with van der Waals surface area (Å²) in [5.74, 6) is 1.32. The molecule has 17 heavy (non-hydrogen) atoms. The Balaban J connectivity index is 2.30. The summed E-state index contributed by atoms with van der Waals surface area (Å²) in [6.45, 7) is 2.85. The van der Waals surface area contributed by atoms with Crippen LogP contribution in [-0.4, -0.2) is 13.7 Å². The van der Waals surface area contributed by atoms with E-state index in [1.54, 1.807) is 18.4 Å². The molecule has 0 saturated carbocycles. The summed E-state index contributed by atoms with van der Waals surface area (Å²) < 4.78 is 5.24. The van der Waals surface area contributed by atoms with Gasteiger partial charge in [-0.1, -0.05) is 19.1 Å². The predicted molar refractivity (Wildman–Crippen MR) is 73.8 cm³/mol. The van der Waals surface area contributed by atoms with Gasteiger partial charge in [0.2, 0.25) is 0 Å². The molecule has 0 radical (unpaired) electrons. The zero-order valence-electron chi connectivity index (χ0n) is 10.1. The SMILES string of the molecule is COc1cccc(-c2ccc(C(C)CN)s2)c1. The Bertz CT molecular complexity index is 492. The van der Waals surface area contributed by atoms with Crippen molar-refractivity contribution in [3.63, 3.8) is 0 Å². The topological polar surface area (TPSA) is 35.2 Å². The third-order valence-corrected chi connectivity index (χ3v) is 4.19. The molecular weight excluding hydrogens is 230 g/mol. The van der Waals surface area contributed by atoms with Gasteiger partial charge < -0.3 is 10.5 Å². The Labute approximate surface area is 106 Å². The molecule has 0 amide bonds. The normalized spacial score (nSPS) is 12.4. The maximum absolute atomic E-state index is 5.68. The number of hydrogen-bond acceptors (Lipinski definition) is 3. The molecular formula is C14H17NOS. The van der Waals surface area contributed by atoms with Gasteiger partial charge in [0.05, 0.1) is 7.11 Å². The summed E-state index contributed by atoms with van der Waals surface area (Å²) in [7, 11) is 1.69. The van der Waals surface area contributed by atoms with E-state index in [0.717, 1.165) is 5.75 Å². The molecule has 1 atom stereocenters. The van der Waals surface area contributed by atoms with Crippen LogP contribution in [0.25, 0.3) is 10.4 Å². The minimum atomic E-state index is 0.430. The van der Waals surface area contributed by atoms with Gasteiger partial charge in [0.15, 0.2) is 0 Å². The Morgan fingerprint density at radius 3 is 2.82 bits per heavy atom. The van der Waals surface area contributed by atoms with Crippen molar-refractivity contribution in [2.75, 3.05) is 13.7 Å². The molecule has 0 aliphatic rings. The molecule has 0 spiro atoms. The highest BCUT2D eigenvalue weighted by atomic mass is 32.1.